The van der Waals surface area contributed by atoms with Gasteiger partial charge in [0.15, 0.2) is 0 Å². The van der Waals surface area contributed by atoms with E-state index in [1.54, 1.807) is 30.3 Å². The molecule has 6 heteroatoms. The number of amides is 1. The summed E-state index contributed by atoms with van der Waals surface area (Å²) in [5.74, 6) is -1.18. The van der Waals surface area contributed by atoms with Gasteiger partial charge in [0.05, 0.1) is 11.7 Å². The van der Waals surface area contributed by atoms with E-state index in [-0.39, 0.29) is 22.3 Å². The van der Waals surface area contributed by atoms with Gasteiger partial charge in [-0.25, -0.2) is 4.79 Å². The zero-order valence-corrected chi connectivity index (χ0v) is 33.4. The van der Waals surface area contributed by atoms with Gasteiger partial charge in [0.1, 0.15) is 0 Å². The van der Waals surface area contributed by atoms with Gasteiger partial charge in [0.25, 0.3) is 5.91 Å². The fraction of sp³-hybridized carbons (Fsp3) is 0.216. The molecule has 1 atom stereocenters. The SMILES string of the molecule is CN(C)c1ccc(C(=O)Nc2cc(-c3ccc4ccccc4c3C(O)C=Cc3ccc(C(=O)O)cc3)cc3ccc4c(c23)C(C)(C)CC2=C4C=CC(C)(C)C2)cc1. The minimum atomic E-state index is -0.996. The number of aromatic carboxylic acids is 1. The van der Waals surface area contributed by atoms with Gasteiger partial charge in [-0.05, 0) is 122 Å². The number of carbonyl (C=O) groups excluding carboxylic acids is 1. The third-order valence-electron chi connectivity index (χ3n) is 11.6. The standard InChI is InChI=1S/C51H48N2O4/c1-50(2)26-25-39-37(29-50)30-51(3,4)47-42(39)23-19-35-27-36(28-43(45(35)47)52-48(55)33-16-20-38(21-17-33)53(5)6)41-22-18-32-9-7-8-10-40(32)46(41)44(54)24-13-31-11-14-34(15-12-31)49(56)57/h7-28,44,54H,29-30H2,1-6H3,(H,52,55)(H,56,57). The number of carboxylic acids is 1. The first-order valence-corrected chi connectivity index (χ1v) is 19.5. The molecule has 0 saturated carbocycles. The van der Waals surface area contributed by atoms with Crippen molar-refractivity contribution in [1.82, 2.24) is 0 Å². The van der Waals surface area contributed by atoms with E-state index in [2.05, 4.69) is 81.6 Å². The first-order chi connectivity index (χ1) is 27.2. The lowest BCUT2D eigenvalue weighted by atomic mass is 9.64. The fourth-order valence-corrected chi connectivity index (χ4v) is 8.84. The summed E-state index contributed by atoms with van der Waals surface area (Å²) in [6.45, 7) is 9.23. The number of allylic oxidation sites excluding steroid dienone is 4. The maximum Gasteiger partial charge on any atom is 0.335 e. The van der Waals surface area contributed by atoms with Crippen LogP contribution in [0.5, 0.6) is 0 Å². The van der Waals surface area contributed by atoms with Crippen LogP contribution in [-0.4, -0.2) is 36.2 Å². The Morgan fingerprint density at radius 1 is 0.789 bits per heavy atom. The van der Waals surface area contributed by atoms with Crippen molar-refractivity contribution in [1.29, 1.82) is 0 Å². The van der Waals surface area contributed by atoms with Crippen LogP contribution in [0, 0.1) is 5.41 Å². The van der Waals surface area contributed by atoms with E-state index in [4.69, 9.17) is 0 Å². The number of aliphatic hydroxyl groups excluding tert-OH is 1. The van der Waals surface area contributed by atoms with Crippen LogP contribution in [0.15, 0.2) is 133 Å². The van der Waals surface area contributed by atoms with Crippen LogP contribution in [0.25, 0.3) is 44.3 Å². The minimum absolute atomic E-state index is 0.0989. The molecule has 286 valence electrons. The van der Waals surface area contributed by atoms with Crippen LogP contribution in [-0.2, 0) is 5.41 Å². The molecule has 2 aliphatic rings. The largest absolute Gasteiger partial charge is 0.478 e. The summed E-state index contributed by atoms with van der Waals surface area (Å²) in [4.78, 5) is 27.7. The summed E-state index contributed by atoms with van der Waals surface area (Å²) < 4.78 is 0. The Bertz CT molecular complexity index is 2680. The molecular weight excluding hydrogens is 705 g/mol. The van der Waals surface area contributed by atoms with Gasteiger partial charge in [-0.15, -0.1) is 0 Å². The van der Waals surface area contributed by atoms with Crippen molar-refractivity contribution in [2.24, 2.45) is 5.41 Å². The van der Waals surface area contributed by atoms with Crippen molar-refractivity contribution in [3.8, 4) is 11.1 Å². The molecule has 6 aromatic carbocycles. The molecule has 0 saturated heterocycles. The third-order valence-corrected chi connectivity index (χ3v) is 11.6. The number of anilines is 2. The molecule has 0 fully saturated rings. The van der Waals surface area contributed by atoms with Gasteiger partial charge < -0.3 is 20.4 Å². The summed E-state index contributed by atoms with van der Waals surface area (Å²) in [6, 6.07) is 35.0. The molecule has 3 N–H and O–H groups in total. The normalized spacial score (nSPS) is 16.1. The number of hydrogen-bond donors (Lipinski definition) is 3. The van der Waals surface area contributed by atoms with E-state index in [1.807, 2.05) is 73.6 Å². The second kappa shape index (κ2) is 14.4. The van der Waals surface area contributed by atoms with Gasteiger partial charge >= 0.3 is 5.97 Å². The van der Waals surface area contributed by atoms with Crippen molar-refractivity contribution in [3.05, 3.63) is 166 Å². The summed E-state index contributed by atoms with van der Waals surface area (Å²) in [5, 5.41) is 28.7. The molecule has 8 rings (SSSR count). The number of nitrogens with one attached hydrogen (secondary N) is 1. The van der Waals surface area contributed by atoms with Crippen molar-refractivity contribution < 1.29 is 19.8 Å². The molecular formula is C51H48N2O4. The minimum Gasteiger partial charge on any atom is -0.478 e. The van der Waals surface area contributed by atoms with Crippen LogP contribution < -0.4 is 10.2 Å². The van der Waals surface area contributed by atoms with Crippen LogP contribution in [0.3, 0.4) is 0 Å². The summed E-state index contributed by atoms with van der Waals surface area (Å²) in [7, 11) is 3.96. The zero-order chi connectivity index (χ0) is 40.2. The fourth-order valence-electron chi connectivity index (χ4n) is 8.84. The average Bonchev–Trinajstić information content (AvgIpc) is 3.18. The topological polar surface area (TPSA) is 89.9 Å². The average molecular weight is 753 g/mol. The first-order valence-electron chi connectivity index (χ1n) is 19.5. The molecule has 6 nitrogen and oxygen atoms in total. The Balaban J connectivity index is 1.31. The highest BCUT2D eigenvalue weighted by atomic mass is 16.4. The van der Waals surface area contributed by atoms with Gasteiger partial charge in [0.2, 0.25) is 0 Å². The molecule has 0 heterocycles. The number of carboxylic acid groups (broad SMARTS) is 1. The molecule has 57 heavy (non-hydrogen) atoms. The van der Waals surface area contributed by atoms with Crippen molar-refractivity contribution in [2.45, 2.75) is 52.1 Å². The first kappa shape index (κ1) is 37.7. The van der Waals surface area contributed by atoms with Crippen LogP contribution in [0.1, 0.15) is 89.6 Å². The van der Waals surface area contributed by atoms with Gasteiger partial charge in [0, 0.05) is 42.0 Å². The highest BCUT2D eigenvalue weighted by Gasteiger charge is 2.37. The van der Waals surface area contributed by atoms with E-state index in [0.717, 1.165) is 68.0 Å². The molecule has 1 unspecified atom stereocenters. The monoisotopic (exact) mass is 752 g/mol. The number of rotatable bonds is 8. The number of hydrogen-bond acceptors (Lipinski definition) is 4. The number of nitrogens with zero attached hydrogens (tertiary/aromatic N) is 1. The van der Waals surface area contributed by atoms with Gasteiger partial charge in [-0.1, -0.05) is 118 Å². The number of fused-ring (bicyclic) bond motifs is 5. The van der Waals surface area contributed by atoms with Gasteiger partial charge in [-0.2, -0.15) is 0 Å². The van der Waals surface area contributed by atoms with E-state index in [9.17, 15) is 19.8 Å². The quantitative estimate of drug-likeness (QED) is 0.144. The highest BCUT2D eigenvalue weighted by molar-refractivity contribution is 6.13. The highest BCUT2D eigenvalue weighted by Crippen LogP contribution is 2.53. The van der Waals surface area contributed by atoms with Crippen LogP contribution in [0.2, 0.25) is 0 Å². The van der Waals surface area contributed by atoms with Crippen molar-refractivity contribution in [2.75, 3.05) is 24.3 Å². The lowest BCUT2D eigenvalue weighted by Gasteiger charge is -2.40. The Morgan fingerprint density at radius 2 is 1.47 bits per heavy atom. The second-order valence-corrected chi connectivity index (χ2v) is 17.1. The lowest BCUT2D eigenvalue weighted by Crippen LogP contribution is -2.28. The summed E-state index contributed by atoms with van der Waals surface area (Å²) in [5.41, 5.74) is 10.8. The Labute approximate surface area is 334 Å². The third kappa shape index (κ3) is 7.18. The van der Waals surface area contributed by atoms with Crippen LogP contribution >= 0.6 is 0 Å². The molecule has 0 aromatic heterocycles. The zero-order valence-electron chi connectivity index (χ0n) is 33.4. The van der Waals surface area contributed by atoms with Crippen molar-refractivity contribution in [3.63, 3.8) is 0 Å². The summed E-state index contributed by atoms with van der Waals surface area (Å²) >= 11 is 0. The van der Waals surface area contributed by atoms with Gasteiger partial charge in [-0.3, -0.25) is 4.79 Å². The maximum atomic E-state index is 14.2. The molecule has 0 aliphatic heterocycles. The van der Waals surface area contributed by atoms with E-state index >= 15 is 0 Å². The van der Waals surface area contributed by atoms with Crippen LogP contribution in [0.4, 0.5) is 11.4 Å². The molecule has 1 amide bonds. The molecule has 6 aromatic rings. The molecule has 0 bridgehead atoms. The number of aliphatic hydroxyl groups is 1. The van der Waals surface area contributed by atoms with Crippen molar-refractivity contribution >= 4 is 56.4 Å². The van der Waals surface area contributed by atoms with E-state index in [0.29, 0.717) is 5.56 Å². The lowest BCUT2D eigenvalue weighted by molar-refractivity contribution is 0.0696. The van der Waals surface area contributed by atoms with E-state index < -0.39 is 12.1 Å². The predicted molar refractivity (Wildman–Crippen MR) is 235 cm³/mol. The number of benzene rings is 6. The Morgan fingerprint density at radius 3 is 2.19 bits per heavy atom. The smallest absolute Gasteiger partial charge is 0.335 e. The maximum absolute atomic E-state index is 14.2. The Hall–Kier alpha value is -6.24. The number of carbonyl (C=O) groups is 2. The second-order valence-electron chi connectivity index (χ2n) is 17.1. The van der Waals surface area contributed by atoms with E-state index in [1.165, 1.54) is 22.3 Å². The molecule has 0 spiro atoms. The molecule has 2 aliphatic carbocycles. The Kier molecular flexibility index (Phi) is 9.49. The predicted octanol–water partition coefficient (Wildman–Crippen LogP) is 11.8. The molecule has 0 radical (unpaired) electrons. The summed E-state index contributed by atoms with van der Waals surface area (Å²) in [6.07, 6.45) is 9.13.